The highest BCUT2D eigenvalue weighted by molar-refractivity contribution is 7.16. The summed E-state index contributed by atoms with van der Waals surface area (Å²) in [4.78, 5) is 29.6. The van der Waals surface area contributed by atoms with Gasteiger partial charge < -0.3 is 10.1 Å². The van der Waals surface area contributed by atoms with Gasteiger partial charge in [0.25, 0.3) is 0 Å². The first kappa shape index (κ1) is 20.0. The lowest BCUT2D eigenvalue weighted by atomic mass is 10.1. The maximum Gasteiger partial charge on any atom is 0.412 e. The Labute approximate surface area is 171 Å². The van der Waals surface area contributed by atoms with Crippen molar-refractivity contribution in [1.29, 1.82) is 0 Å². The maximum absolute atomic E-state index is 12.3. The Morgan fingerprint density at radius 3 is 2.46 bits per heavy atom. The van der Waals surface area contributed by atoms with Crippen LogP contribution < -0.4 is 10.6 Å². The molecule has 3 rings (SSSR count). The van der Waals surface area contributed by atoms with Crippen LogP contribution in [0.15, 0.2) is 47.2 Å². The molecule has 8 heteroatoms. The molecule has 0 aliphatic carbocycles. The lowest BCUT2D eigenvalue weighted by Gasteiger charge is -2.19. The van der Waals surface area contributed by atoms with Crippen molar-refractivity contribution in [3.05, 3.63) is 52.7 Å². The van der Waals surface area contributed by atoms with Crippen LogP contribution in [-0.2, 0) is 16.0 Å². The average Bonchev–Trinajstić information content (AvgIpc) is 3.26. The summed E-state index contributed by atoms with van der Waals surface area (Å²) in [6, 6.07) is 11.0. The quantitative estimate of drug-likeness (QED) is 0.585. The molecule has 6 nitrogen and oxygen atoms in total. The van der Waals surface area contributed by atoms with Crippen molar-refractivity contribution < 1.29 is 14.3 Å². The summed E-state index contributed by atoms with van der Waals surface area (Å²) in [6.07, 6.45) is -0.288. The molecule has 3 aromatic rings. The largest absolute Gasteiger partial charge is 0.444 e. The first-order valence-electron chi connectivity index (χ1n) is 8.67. The number of hydrogen-bond donors (Lipinski definition) is 2. The van der Waals surface area contributed by atoms with Crippen LogP contribution in [0.2, 0.25) is 0 Å². The van der Waals surface area contributed by atoms with Crippen LogP contribution in [0.1, 0.15) is 26.3 Å². The molecule has 0 spiro atoms. The molecule has 0 fully saturated rings. The topological polar surface area (TPSA) is 80.3 Å². The van der Waals surface area contributed by atoms with Crippen LogP contribution in [0.3, 0.4) is 0 Å². The van der Waals surface area contributed by atoms with Gasteiger partial charge in [-0.2, -0.15) is 0 Å². The summed E-state index contributed by atoms with van der Waals surface area (Å²) < 4.78 is 5.21. The maximum atomic E-state index is 12.3. The highest BCUT2D eigenvalue weighted by Gasteiger charge is 2.16. The lowest BCUT2D eigenvalue weighted by molar-refractivity contribution is -0.115. The average molecular weight is 416 g/mol. The van der Waals surface area contributed by atoms with E-state index in [0.717, 1.165) is 16.1 Å². The van der Waals surface area contributed by atoms with E-state index in [9.17, 15) is 9.59 Å². The minimum absolute atomic E-state index is 0.139. The first-order valence-corrected chi connectivity index (χ1v) is 10.4. The Morgan fingerprint density at radius 2 is 1.82 bits per heavy atom. The van der Waals surface area contributed by atoms with Crippen molar-refractivity contribution in [2.45, 2.75) is 32.8 Å². The molecule has 2 heterocycles. The zero-order chi connectivity index (χ0) is 20.1. The molecule has 0 saturated heterocycles. The SMILES string of the molecule is CC(C)(C)OC(=O)Nc1ccc(CC(=O)Nc2nc(-c3cccs3)cs2)cc1. The van der Waals surface area contributed by atoms with Crippen molar-refractivity contribution in [1.82, 2.24) is 4.98 Å². The second-order valence-corrected chi connectivity index (χ2v) is 8.87. The molecule has 0 aliphatic heterocycles. The summed E-state index contributed by atoms with van der Waals surface area (Å²) in [7, 11) is 0. The molecule has 0 bridgehead atoms. The Bertz CT molecular complexity index is 942. The number of nitrogens with one attached hydrogen (secondary N) is 2. The minimum Gasteiger partial charge on any atom is -0.444 e. The number of anilines is 2. The molecule has 2 amide bonds. The molecule has 2 N–H and O–H groups in total. The van der Waals surface area contributed by atoms with Crippen molar-refractivity contribution in [2.24, 2.45) is 0 Å². The predicted molar refractivity (Wildman–Crippen MR) is 114 cm³/mol. The number of thiazole rings is 1. The normalized spacial score (nSPS) is 11.1. The number of benzene rings is 1. The van der Waals surface area contributed by atoms with E-state index in [-0.39, 0.29) is 12.3 Å². The van der Waals surface area contributed by atoms with E-state index in [1.165, 1.54) is 11.3 Å². The Balaban J connectivity index is 1.52. The number of hydrogen-bond acceptors (Lipinski definition) is 6. The molecule has 0 radical (unpaired) electrons. The Kier molecular flexibility index (Phi) is 6.11. The van der Waals surface area contributed by atoms with Gasteiger partial charge in [0.1, 0.15) is 5.60 Å². The number of aromatic nitrogens is 1. The molecule has 146 valence electrons. The van der Waals surface area contributed by atoms with Gasteiger partial charge >= 0.3 is 6.09 Å². The molecule has 0 aliphatic rings. The number of ether oxygens (including phenoxy) is 1. The number of nitrogens with zero attached hydrogens (tertiary/aromatic N) is 1. The molecular formula is C20H21N3O3S2. The molecule has 1 aromatic carbocycles. The fourth-order valence-electron chi connectivity index (χ4n) is 2.34. The van der Waals surface area contributed by atoms with Crippen LogP contribution in [0.5, 0.6) is 0 Å². The minimum atomic E-state index is -0.554. The van der Waals surface area contributed by atoms with Gasteiger partial charge in [-0.25, -0.2) is 9.78 Å². The molecule has 0 unspecified atom stereocenters. The van der Waals surface area contributed by atoms with E-state index in [4.69, 9.17) is 4.74 Å². The molecule has 2 aromatic heterocycles. The molecule has 0 saturated carbocycles. The fourth-order valence-corrected chi connectivity index (χ4v) is 3.83. The van der Waals surface area contributed by atoms with E-state index in [1.807, 2.05) is 22.9 Å². The second-order valence-electron chi connectivity index (χ2n) is 7.06. The van der Waals surface area contributed by atoms with E-state index >= 15 is 0 Å². The van der Waals surface area contributed by atoms with Gasteiger partial charge in [-0.1, -0.05) is 18.2 Å². The third kappa shape index (κ3) is 5.90. The van der Waals surface area contributed by atoms with E-state index in [2.05, 4.69) is 15.6 Å². The highest BCUT2D eigenvalue weighted by atomic mass is 32.1. The third-order valence-corrected chi connectivity index (χ3v) is 5.14. The van der Waals surface area contributed by atoms with Gasteiger partial charge in [0, 0.05) is 11.1 Å². The number of rotatable bonds is 5. The van der Waals surface area contributed by atoms with Crippen LogP contribution in [0.4, 0.5) is 15.6 Å². The highest BCUT2D eigenvalue weighted by Crippen LogP contribution is 2.28. The smallest absolute Gasteiger partial charge is 0.412 e. The van der Waals surface area contributed by atoms with Crippen LogP contribution in [0, 0.1) is 0 Å². The standard InChI is InChI=1S/C20H21N3O3S2/c1-20(2,3)26-19(25)21-14-8-6-13(7-9-14)11-17(24)23-18-22-15(12-28-18)16-5-4-10-27-16/h4-10,12H,11H2,1-3H3,(H,21,25)(H,22,23,24). The molecular weight excluding hydrogens is 394 g/mol. The second kappa shape index (κ2) is 8.53. The zero-order valence-corrected chi connectivity index (χ0v) is 17.4. The fraction of sp³-hybridized carbons (Fsp3) is 0.250. The molecule has 28 heavy (non-hydrogen) atoms. The summed E-state index contributed by atoms with van der Waals surface area (Å²) in [5, 5.41) is 10.00. The van der Waals surface area contributed by atoms with Crippen LogP contribution >= 0.6 is 22.7 Å². The van der Waals surface area contributed by atoms with Crippen molar-refractivity contribution in [2.75, 3.05) is 10.6 Å². The van der Waals surface area contributed by atoms with Gasteiger partial charge in [0.05, 0.1) is 17.0 Å². The number of carbonyl (C=O) groups is 2. The number of amides is 2. The van der Waals surface area contributed by atoms with Gasteiger partial charge in [0.15, 0.2) is 5.13 Å². The summed E-state index contributed by atoms with van der Waals surface area (Å²) in [6.45, 7) is 5.42. The third-order valence-electron chi connectivity index (χ3n) is 3.49. The van der Waals surface area contributed by atoms with Crippen molar-refractivity contribution >= 4 is 45.5 Å². The zero-order valence-electron chi connectivity index (χ0n) is 15.8. The van der Waals surface area contributed by atoms with Gasteiger partial charge in [0.2, 0.25) is 5.91 Å². The molecule has 0 atom stereocenters. The van der Waals surface area contributed by atoms with Gasteiger partial charge in [-0.15, -0.1) is 22.7 Å². The van der Waals surface area contributed by atoms with Crippen LogP contribution in [-0.4, -0.2) is 22.6 Å². The van der Waals surface area contributed by atoms with Crippen molar-refractivity contribution in [3.8, 4) is 10.6 Å². The Hall–Kier alpha value is -2.71. The summed E-state index contributed by atoms with van der Waals surface area (Å²) in [5.74, 6) is -0.139. The van der Waals surface area contributed by atoms with Crippen LogP contribution in [0.25, 0.3) is 10.6 Å². The monoisotopic (exact) mass is 415 g/mol. The number of carbonyl (C=O) groups excluding carboxylic acids is 2. The number of thiophene rings is 1. The van der Waals surface area contributed by atoms with Gasteiger partial charge in [-0.05, 0) is 49.9 Å². The van der Waals surface area contributed by atoms with E-state index in [1.54, 1.807) is 56.4 Å². The summed E-state index contributed by atoms with van der Waals surface area (Å²) in [5.41, 5.74) is 1.76. The summed E-state index contributed by atoms with van der Waals surface area (Å²) >= 11 is 3.01. The van der Waals surface area contributed by atoms with E-state index < -0.39 is 11.7 Å². The predicted octanol–water partition coefficient (Wildman–Crippen LogP) is 5.40. The first-order chi connectivity index (χ1) is 13.3. The van der Waals surface area contributed by atoms with E-state index in [0.29, 0.717) is 10.8 Å². The lowest BCUT2D eigenvalue weighted by Crippen LogP contribution is -2.27. The Morgan fingerprint density at radius 1 is 1.07 bits per heavy atom. The van der Waals surface area contributed by atoms with Gasteiger partial charge in [-0.3, -0.25) is 10.1 Å². The van der Waals surface area contributed by atoms with Crippen molar-refractivity contribution in [3.63, 3.8) is 0 Å².